The Hall–Kier alpha value is -5.26. The fourth-order valence-corrected chi connectivity index (χ4v) is 12.5. The highest BCUT2D eigenvalue weighted by atomic mass is 32.1. The maximum atomic E-state index is 11.4. The first kappa shape index (κ1) is 28.8. The number of fused-ring (bicyclic) bond motifs is 3. The van der Waals surface area contributed by atoms with Crippen molar-refractivity contribution in [3.8, 4) is 32.3 Å². The summed E-state index contributed by atoms with van der Waals surface area (Å²) in [6.07, 6.45) is 1.66. The fraction of sp³-hybridized carbons (Fsp3) is 0.0588. The van der Waals surface area contributed by atoms with Crippen LogP contribution >= 0.6 is 22.7 Å². The van der Waals surface area contributed by atoms with E-state index in [2.05, 4.69) is 37.4 Å². The lowest BCUT2D eigenvalue weighted by Crippen LogP contribution is -2.48. The summed E-state index contributed by atoms with van der Waals surface area (Å²) in [5.41, 5.74) is 3.82. The Morgan fingerprint density at radius 2 is 1.18 bits per heavy atom. The Morgan fingerprint density at radius 3 is 1.66 bits per heavy atom. The van der Waals surface area contributed by atoms with Gasteiger partial charge in [0.15, 0.2) is 0 Å². The average molecular weight is 630 g/mol. The lowest BCUT2D eigenvalue weighted by atomic mass is 10.1. The molecule has 0 atom stereocenters. The van der Waals surface area contributed by atoms with Gasteiger partial charge >= 0.3 is 11.9 Å². The van der Waals surface area contributed by atoms with Crippen molar-refractivity contribution in [1.82, 2.24) is 0 Å². The van der Waals surface area contributed by atoms with Crippen LogP contribution in [0.5, 0.6) is 0 Å². The number of nitriles is 2. The van der Waals surface area contributed by atoms with Crippen LogP contribution in [0.2, 0.25) is 13.1 Å². The van der Waals surface area contributed by atoms with Crippen LogP contribution in [0, 0.1) is 22.7 Å². The van der Waals surface area contributed by atoms with Crippen LogP contribution in [0.15, 0.2) is 90.5 Å². The lowest BCUT2D eigenvalue weighted by molar-refractivity contribution is 0.0686. The van der Waals surface area contributed by atoms with E-state index in [-0.39, 0.29) is 16.7 Å². The molecule has 2 N–H and O–H groups in total. The second-order valence-electron chi connectivity index (χ2n) is 10.7. The molecule has 0 bridgehead atoms. The molecule has 3 heterocycles. The van der Waals surface area contributed by atoms with Gasteiger partial charge in [-0.1, -0.05) is 25.2 Å². The third-order valence-electron chi connectivity index (χ3n) is 7.72. The Morgan fingerprint density at radius 1 is 0.727 bits per heavy atom. The van der Waals surface area contributed by atoms with Crippen molar-refractivity contribution in [2.45, 2.75) is 13.1 Å². The molecule has 0 radical (unpaired) electrons. The molecule has 6 rings (SSSR count). The van der Waals surface area contributed by atoms with E-state index >= 15 is 0 Å². The summed E-state index contributed by atoms with van der Waals surface area (Å²) in [6.45, 7) is 4.66. The Bertz CT molecular complexity index is 1990. The molecule has 0 spiro atoms. The van der Waals surface area contributed by atoms with Crippen molar-refractivity contribution < 1.29 is 19.8 Å². The number of hydrogen-bond acceptors (Lipinski definition) is 7. The first-order valence-electron chi connectivity index (χ1n) is 13.5. The SMILES string of the molecule is C[Si]1(C)c2cc(C=C(C#N)C#N)sc2-c2sc(-c3ccc(N(c4ccc(C(=O)O)cc4)c4ccc(C(=O)O)cc4)cc3)cc21. The van der Waals surface area contributed by atoms with Gasteiger partial charge in [0, 0.05) is 36.6 Å². The Balaban J connectivity index is 1.36. The second kappa shape index (κ2) is 11.1. The normalized spacial score (nSPS) is 12.4. The number of aromatic carboxylic acids is 2. The minimum absolute atomic E-state index is 0.0984. The number of thiophene rings is 2. The average Bonchev–Trinajstić information content (AvgIpc) is 3.70. The number of nitrogens with zero attached hydrogens (tertiary/aromatic N) is 3. The molecule has 0 saturated carbocycles. The van der Waals surface area contributed by atoms with E-state index in [4.69, 9.17) is 0 Å². The van der Waals surface area contributed by atoms with Crippen LogP contribution in [0.3, 0.4) is 0 Å². The van der Waals surface area contributed by atoms with Crippen LogP contribution in [0.1, 0.15) is 25.6 Å². The second-order valence-corrected chi connectivity index (χ2v) is 17.2. The monoisotopic (exact) mass is 629 g/mol. The van der Waals surface area contributed by atoms with Crippen LogP contribution in [-0.4, -0.2) is 30.2 Å². The van der Waals surface area contributed by atoms with Crippen molar-refractivity contribution in [3.05, 3.63) is 107 Å². The summed E-state index contributed by atoms with van der Waals surface area (Å²) >= 11 is 3.38. The zero-order valence-corrected chi connectivity index (χ0v) is 26.2. The van der Waals surface area contributed by atoms with E-state index < -0.39 is 20.0 Å². The van der Waals surface area contributed by atoms with E-state index in [9.17, 15) is 30.3 Å². The van der Waals surface area contributed by atoms with Gasteiger partial charge in [-0.25, -0.2) is 9.59 Å². The van der Waals surface area contributed by atoms with Crippen molar-refractivity contribution in [2.75, 3.05) is 4.90 Å². The predicted octanol–water partition coefficient (Wildman–Crippen LogP) is 7.58. The van der Waals surface area contributed by atoms with Gasteiger partial charge in [-0.2, -0.15) is 10.5 Å². The molecule has 7 nitrogen and oxygen atoms in total. The van der Waals surface area contributed by atoms with Crippen LogP contribution in [0.25, 0.3) is 26.3 Å². The standard InChI is InChI=1S/C34H23N3O4S2Si/c1-44(2)29-16-27(15-20(18-35)19-36)42-31(29)32-30(44)17-28(43-32)21-3-9-24(10-4-21)37(25-11-5-22(6-12-25)33(38)39)26-13-7-23(8-14-26)34(40)41/h3-17H,1-2H3,(H,38,39)(H,40,41). The number of anilines is 3. The van der Waals surface area contributed by atoms with Crippen molar-refractivity contribution in [1.29, 1.82) is 10.5 Å². The topological polar surface area (TPSA) is 125 Å². The zero-order valence-electron chi connectivity index (χ0n) is 23.5. The molecule has 3 aromatic carbocycles. The highest BCUT2D eigenvalue weighted by Crippen LogP contribution is 2.43. The number of benzene rings is 3. The molecule has 44 heavy (non-hydrogen) atoms. The minimum atomic E-state index is -1.95. The minimum Gasteiger partial charge on any atom is -0.478 e. The summed E-state index contributed by atoms with van der Waals surface area (Å²) < 4.78 is 0. The molecule has 0 unspecified atom stereocenters. The molecule has 0 fully saturated rings. The van der Waals surface area contributed by atoms with Crippen LogP contribution < -0.4 is 15.3 Å². The smallest absolute Gasteiger partial charge is 0.335 e. The summed E-state index contributed by atoms with van der Waals surface area (Å²) in [6, 6.07) is 29.6. The lowest BCUT2D eigenvalue weighted by Gasteiger charge is -2.26. The van der Waals surface area contributed by atoms with E-state index in [0.717, 1.165) is 32.4 Å². The quantitative estimate of drug-likeness (QED) is 0.140. The number of carbonyl (C=O) groups is 2. The number of rotatable bonds is 7. The first-order valence-corrected chi connectivity index (χ1v) is 18.1. The van der Waals surface area contributed by atoms with Crippen LogP contribution in [-0.2, 0) is 0 Å². The predicted molar refractivity (Wildman–Crippen MR) is 178 cm³/mol. The van der Waals surface area contributed by atoms with Gasteiger partial charge in [0.25, 0.3) is 0 Å². The Kier molecular flexibility index (Phi) is 7.27. The van der Waals surface area contributed by atoms with Gasteiger partial charge < -0.3 is 15.1 Å². The molecule has 1 aliphatic heterocycles. The fourth-order valence-electron chi connectivity index (χ4n) is 5.39. The van der Waals surface area contributed by atoms with Gasteiger partial charge in [-0.05, 0) is 94.8 Å². The number of allylic oxidation sites excluding steroid dienone is 1. The molecule has 1 aliphatic rings. The molecular formula is C34H23N3O4S2Si. The largest absolute Gasteiger partial charge is 0.478 e. The molecule has 0 amide bonds. The Labute approximate surface area is 262 Å². The molecule has 214 valence electrons. The van der Waals surface area contributed by atoms with Crippen molar-refractivity contribution in [2.24, 2.45) is 0 Å². The molecule has 5 aromatic rings. The van der Waals surface area contributed by atoms with E-state index in [1.165, 1.54) is 20.1 Å². The maximum absolute atomic E-state index is 11.4. The summed E-state index contributed by atoms with van der Waals surface area (Å²) in [5.74, 6) is -2.02. The number of carboxylic acid groups (broad SMARTS) is 2. The van der Waals surface area contributed by atoms with Gasteiger partial charge in [0.1, 0.15) is 25.8 Å². The van der Waals surface area contributed by atoms with E-state index in [0.29, 0.717) is 0 Å². The number of carboxylic acids is 2. The van der Waals surface area contributed by atoms with E-state index in [1.54, 1.807) is 77.3 Å². The maximum Gasteiger partial charge on any atom is 0.335 e. The molecule has 0 saturated heterocycles. The summed E-state index contributed by atoms with van der Waals surface area (Å²) in [7, 11) is -1.95. The molecule has 0 aliphatic carbocycles. The zero-order chi connectivity index (χ0) is 31.2. The molecule has 10 heteroatoms. The molecular weight excluding hydrogens is 607 g/mol. The van der Waals surface area contributed by atoms with Gasteiger partial charge in [0.05, 0.1) is 11.1 Å². The van der Waals surface area contributed by atoms with Gasteiger partial charge in [-0.3, -0.25) is 0 Å². The third-order valence-corrected chi connectivity index (χ3v) is 14.0. The van der Waals surface area contributed by atoms with Crippen molar-refractivity contribution >= 4 is 76.2 Å². The van der Waals surface area contributed by atoms with Crippen molar-refractivity contribution in [3.63, 3.8) is 0 Å². The summed E-state index contributed by atoms with van der Waals surface area (Å²) in [5, 5.41) is 39.9. The van der Waals surface area contributed by atoms with Gasteiger partial charge in [0.2, 0.25) is 0 Å². The summed E-state index contributed by atoms with van der Waals surface area (Å²) in [4.78, 5) is 29.4. The number of hydrogen-bond donors (Lipinski definition) is 2. The van der Waals surface area contributed by atoms with Gasteiger partial charge in [-0.15, -0.1) is 22.7 Å². The third kappa shape index (κ3) is 5.01. The van der Waals surface area contributed by atoms with E-state index in [1.807, 2.05) is 29.2 Å². The highest BCUT2D eigenvalue weighted by molar-refractivity contribution is 7.30. The highest BCUT2D eigenvalue weighted by Gasteiger charge is 2.41. The van der Waals surface area contributed by atoms with Crippen LogP contribution in [0.4, 0.5) is 17.1 Å². The molecule has 2 aromatic heterocycles. The first-order chi connectivity index (χ1) is 21.1.